The number of hydrogen-bond donors (Lipinski definition) is 2. The normalized spacial score (nSPS) is 13.4. The molecule has 1 aromatic heterocycles. The summed E-state index contributed by atoms with van der Waals surface area (Å²) in [5.41, 5.74) is 1.92. The van der Waals surface area contributed by atoms with E-state index in [4.69, 9.17) is 9.47 Å². The molecule has 0 spiro atoms. The number of thiophene rings is 1. The molecular formula is C21H23N3O5S. The zero-order valence-corrected chi connectivity index (χ0v) is 17.2. The van der Waals surface area contributed by atoms with Gasteiger partial charge < -0.3 is 19.7 Å². The topological polar surface area (TPSA) is 97.0 Å². The number of amides is 3. The van der Waals surface area contributed by atoms with Crippen LogP contribution in [0, 0.1) is 0 Å². The number of nitrogens with zero attached hydrogens (tertiary/aromatic N) is 1. The van der Waals surface area contributed by atoms with Crippen LogP contribution in [0.5, 0.6) is 0 Å². The van der Waals surface area contributed by atoms with Crippen molar-refractivity contribution in [1.29, 1.82) is 0 Å². The molecule has 8 nitrogen and oxygen atoms in total. The summed E-state index contributed by atoms with van der Waals surface area (Å²) >= 11 is 1.32. The molecule has 3 amide bonds. The molecule has 1 saturated heterocycles. The lowest BCUT2D eigenvalue weighted by Gasteiger charge is -2.28. The van der Waals surface area contributed by atoms with Gasteiger partial charge >= 0.3 is 12.0 Å². The lowest BCUT2D eigenvalue weighted by molar-refractivity contribution is -0.123. The molecule has 1 aromatic carbocycles. The SMILES string of the molecule is C=CCNC(=O)NC(=O)COC(=O)c1cc(-c2ccccc2)c(N2CCOCC2)s1. The summed E-state index contributed by atoms with van der Waals surface area (Å²) in [7, 11) is 0. The van der Waals surface area contributed by atoms with Gasteiger partial charge in [0.05, 0.1) is 18.2 Å². The number of hydrogen-bond acceptors (Lipinski definition) is 7. The number of morpholine rings is 1. The maximum Gasteiger partial charge on any atom is 0.348 e. The summed E-state index contributed by atoms with van der Waals surface area (Å²) in [6.07, 6.45) is 1.48. The Labute approximate surface area is 178 Å². The predicted molar refractivity (Wildman–Crippen MR) is 115 cm³/mol. The molecule has 0 aliphatic carbocycles. The van der Waals surface area contributed by atoms with Crippen molar-refractivity contribution >= 4 is 34.2 Å². The summed E-state index contributed by atoms with van der Waals surface area (Å²) in [5.74, 6) is -1.32. The van der Waals surface area contributed by atoms with E-state index in [1.165, 1.54) is 17.4 Å². The number of esters is 1. The number of benzene rings is 1. The van der Waals surface area contributed by atoms with Crippen LogP contribution in [0.2, 0.25) is 0 Å². The Hall–Kier alpha value is -3.17. The molecule has 1 aliphatic heterocycles. The fourth-order valence-electron chi connectivity index (χ4n) is 2.88. The van der Waals surface area contributed by atoms with Gasteiger partial charge in [0.1, 0.15) is 4.88 Å². The molecule has 9 heteroatoms. The van der Waals surface area contributed by atoms with Crippen LogP contribution in [0.15, 0.2) is 49.1 Å². The number of imide groups is 1. The Morgan fingerprint density at radius 1 is 1.20 bits per heavy atom. The molecule has 0 saturated carbocycles. The van der Waals surface area contributed by atoms with E-state index in [0.29, 0.717) is 18.1 Å². The largest absolute Gasteiger partial charge is 0.451 e. The van der Waals surface area contributed by atoms with Crippen LogP contribution in [0.25, 0.3) is 11.1 Å². The van der Waals surface area contributed by atoms with E-state index in [2.05, 4.69) is 22.1 Å². The van der Waals surface area contributed by atoms with Gasteiger partial charge in [-0.3, -0.25) is 10.1 Å². The predicted octanol–water partition coefficient (Wildman–Crippen LogP) is 2.42. The molecule has 158 valence electrons. The van der Waals surface area contributed by atoms with Gasteiger partial charge in [-0.05, 0) is 11.6 Å². The lowest BCUT2D eigenvalue weighted by Crippen LogP contribution is -2.41. The van der Waals surface area contributed by atoms with Gasteiger partial charge in [0.25, 0.3) is 5.91 Å². The van der Waals surface area contributed by atoms with Crippen molar-refractivity contribution in [1.82, 2.24) is 10.6 Å². The molecule has 1 aliphatic rings. The third-order valence-corrected chi connectivity index (χ3v) is 5.47. The van der Waals surface area contributed by atoms with E-state index >= 15 is 0 Å². The molecule has 2 aromatic rings. The molecule has 0 atom stereocenters. The molecule has 0 radical (unpaired) electrons. The highest BCUT2D eigenvalue weighted by Crippen LogP contribution is 2.39. The molecule has 0 bridgehead atoms. The van der Waals surface area contributed by atoms with E-state index in [-0.39, 0.29) is 6.54 Å². The minimum atomic E-state index is -0.710. The molecule has 1 fully saturated rings. The third kappa shape index (κ3) is 5.68. The summed E-state index contributed by atoms with van der Waals surface area (Å²) < 4.78 is 10.5. The first-order chi connectivity index (χ1) is 14.6. The van der Waals surface area contributed by atoms with Crippen molar-refractivity contribution in [3.63, 3.8) is 0 Å². The Kier molecular flexibility index (Phi) is 7.58. The maximum atomic E-state index is 12.5. The first-order valence-electron chi connectivity index (χ1n) is 9.46. The van der Waals surface area contributed by atoms with E-state index in [1.54, 1.807) is 6.07 Å². The number of ether oxygens (including phenoxy) is 2. The average molecular weight is 429 g/mol. The van der Waals surface area contributed by atoms with E-state index in [9.17, 15) is 14.4 Å². The van der Waals surface area contributed by atoms with Gasteiger partial charge in [0.15, 0.2) is 6.61 Å². The van der Waals surface area contributed by atoms with Crippen molar-refractivity contribution in [3.8, 4) is 11.1 Å². The van der Waals surface area contributed by atoms with Crippen LogP contribution in [-0.4, -0.2) is 57.4 Å². The Morgan fingerprint density at radius 3 is 2.63 bits per heavy atom. The van der Waals surface area contributed by atoms with E-state index in [0.717, 1.165) is 29.2 Å². The summed E-state index contributed by atoms with van der Waals surface area (Å²) in [6.45, 7) is 5.85. The third-order valence-electron chi connectivity index (χ3n) is 4.29. The molecular weight excluding hydrogens is 406 g/mol. The summed E-state index contributed by atoms with van der Waals surface area (Å²) in [5, 5.41) is 5.45. The average Bonchev–Trinajstić information content (AvgIpc) is 3.23. The van der Waals surface area contributed by atoms with Gasteiger partial charge in [-0.25, -0.2) is 9.59 Å². The molecule has 3 rings (SSSR count). The Balaban J connectivity index is 1.70. The second-order valence-corrected chi connectivity index (χ2v) is 7.45. The summed E-state index contributed by atoms with van der Waals surface area (Å²) in [6, 6.07) is 10.9. The molecule has 0 unspecified atom stereocenters. The van der Waals surface area contributed by atoms with E-state index in [1.807, 2.05) is 30.3 Å². The van der Waals surface area contributed by atoms with Crippen LogP contribution in [-0.2, 0) is 14.3 Å². The second kappa shape index (κ2) is 10.6. The van der Waals surface area contributed by atoms with Crippen LogP contribution in [0.3, 0.4) is 0 Å². The van der Waals surface area contributed by atoms with Gasteiger partial charge in [-0.1, -0.05) is 36.4 Å². The Morgan fingerprint density at radius 2 is 1.93 bits per heavy atom. The van der Waals surface area contributed by atoms with Crippen molar-refractivity contribution in [3.05, 3.63) is 53.9 Å². The highest BCUT2D eigenvalue weighted by Gasteiger charge is 2.23. The number of rotatable bonds is 7. The minimum absolute atomic E-state index is 0.223. The minimum Gasteiger partial charge on any atom is -0.451 e. The second-order valence-electron chi connectivity index (χ2n) is 6.42. The van der Waals surface area contributed by atoms with Crippen molar-refractivity contribution in [2.75, 3.05) is 44.4 Å². The number of nitrogens with one attached hydrogen (secondary N) is 2. The highest BCUT2D eigenvalue weighted by molar-refractivity contribution is 7.18. The fraction of sp³-hybridized carbons (Fsp3) is 0.286. The van der Waals surface area contributed by atoms with Crippen LogP contribution < -0.4 is 15.5 Å². The first kappa shape index (κ1) is 21.5. The van der Waals surface area contributed by atoms with Crippen molar-refractivity contribution < 1.29 is 23.9 Å². The number of carbonyl (C=O) groups is 3. The molecule has 2 heterocycles. The highest BCUT2D eigenvalue weighted by atomic mass is 32.1. The molecule has 2 N–H and O–H groups in total. The van der Waals surface area contributed by atoms with Gasteiger partial charge in [0.2, 0.25) is 0 Å². The van der Waals surface area contributed by atoms with Crippen LogP contribution >= 0.6 is 11.3 Å². The van der Waals surface area contributed by atoms with Gasteiger partial charge in [0, 0.05) is 25.2 Å². The molecule has 30 heavy (non-hydrogen) atoms. The lowest BCUT2D eigenvalue weighted by atomic mass is 10.1. The smallest absolute Gasteiger partial charge is 0.348 e. The quantitative estimate of drug-likeness (QED) is 0.518. The van der Waals surface area contributed by atoms with Crippen molar-refractivity contribution in [2.45, 2.75) is 0 Å². The van der Waals surface area contributed by atoms with Gasteiger partial charge in [-0.15, -0.1) is 17.9 Å². The van der Waals surface area contributed by atoms with Crippen LogP contribution in [0.1, 0.15) is 9.67 Å². The van der Waals surface area contributed by atoms with Crippen molar-refractivity contribution in [2.24, 2.45) is 0 Å². The number of urea groups is 1. The zero-order valence-electron chi connectivity index (χ0n) is 16.4. The fourth-order valence-corrected chi connectivity index (χ4v) is 4.01. The van der Waals surface area contributed by atoms with Gasteiger partial charge in [-0.2, -0.15) is 0 Å². The monoisotopic (exact) mass is 429 g/mol. The number of anilines is 1. The van der Waals surface area contributed by atoms with E-state index < -0.39 is 24.5 Å². The standard InChI is InChI=1S/C21H23N3O5S/c1-2-8-22-21(27)23-18(25)14-29-20(26)17-13-16(15-6-4-3-5-7-15)19(30-17)24-9-11-28-12-10-24/h2-7,13H,1,8-12,14H2,(H2,22,23,25,27). The van der Waals surface area contributed by atoms with Crippen LogP contribution in [0.4, 0.5) is 9.80 Å². The maximum absolute atomic E-state index is 12.5. The summed E-state index contributed by atoms with van der Waals surface area (Å²) in [4.78, 5) is 38.4. The zero-order chi connectivity index (χ0) is 21.3. The Bertz CT molecular complexity index is 907. The number of carbonyl (C=O) groups excluding carboxylic acids is 3. The first-order valence-corrected chi connectivity index (χ1v) is 10.3.